The lowest BCUT2D eigenvalue weighted by Gasteiger charge is -2.59. The fraction of sp³-hybridized carbons (Fsp3) is 0.882. The summed E-state index contributed by atoms with van der Waals surface area (Å²) in [6.07, 6.45) is 4.51. The summed E-state index contributed by atoms with van der Waals surface area (Å²) in [6.45, 7) is 5.68. The molecule has 4 aliphatic rings. The predicted octanol–water partition coefficient (Wildman–Crippen LogP) is 3.45. The molecule has 0 aliphatic heterocycles. The third kappa shape index (κ3) is 2.70. The average Bonchev–Trinajstić information content (AvgIpc) is 2.34. The second-order valence-corrected chi connectivity index (χ2v) is 8.48. The highest BCUT2D eigenvalue weighted by Gasteiger charge is 2.63. The molecule has 4 saturated carbocycles. The van der Waals surface area contributed by atoms with Crippen molar-refractivity contribution in [3.63, 3.8) is 0 Å². The van der Waals surface area contributed by atoms with E-state index in [1.165, 1.54) is 7.11 Å². The first-order valence-electron chi connectivity index (χ1n) is 8.16. The molecule has 0 spiro atoms. The number of carbonyl (C=O) groups is 2. The van der Waals surface area contributed by atoms with Crippen LogP contribution in [0, 0.1) is 17.3 Å². The third-order valence-corrected chi connectivity index (χ3v) is 5.31. The van der Waals surface area contributed by atoms with Gasteiger partial charge in [0.2, 0.25) is 0 Å². The molecule has 5 heteroatoms. The van der Waals surface area contributed by atoms with Crippen LogP contribution in [0.4, 0.5) is 4.79 Å². The number of ether oxygens (including phenoxy) is 3. The summed E-state index contributed by atoms with van der Waals surface area (Å²) in [4.78, 5) is 24.5. The van der Waals surface area contributed by atoms with Crippen molar-refractivity contribution < 1.29 is 23.8 Å². The zero-order valence-corrected chi connectivity index (χ0v) is 13.9. The summed E-state index contributed by atoms with van der Waals surface area (Å²) in [5.74, 6) is 0.767. The lowest BCUT2D eigenvalue weighted by atomic mass is 9.48. The van der Waals surface area contributed by atoms with Crippen molar-refractivity contribution in [3.05, 3.63) is 0 Å². The minimum atomic E-state index is -0.638. The predicted molar refractivity (Wildman–Crippen MR) is 79.2 cm³/mol. The van der Waals surface area contributed by atoms with E-state index in [4.69, 9.17) is 9.47 Å². The largest absolute Gasteiger partial charge is 0.508 e. The Morgan fingerprint density at radius 2 is 1.64 bits per heavy atom. The molecule has 124 valence electrons. The van der Waals surface area contributed by atoms with Crippen LogP contribution in [-0.4, -0.2) is 30.4 Å². The first kappa shape index (κ1) is 15.6. The van der Waals surface area contributed by atoms with Crippen LogP contribution in [-0.2, 0) is 19.0 Å². The van der Waals surface area contributed by atoms with Crippen molar-refractivity contribution in [2.24, 2.45) is 17.3 Å². The van der Waals surface area contributed by atoms with Crippen molar-refractivity contribution in [2.75, 3.05) is 7.11 Å². The van der Waals surface area contributed by atoms with Crippen LogP contribution in [0.25, 0.3) is 0 Å². The number of methoxy groups -OCH3 is 1. The van der Waals surface area contributed by atoms with Gasteiger partial charge in [0.1, 0.15) is 11.2 Å². The molecule has 0 aromatic rings. The van der Waals surface area contributed by atoms with Crippen molar-refractivity contribution in [1.82, 2.24) is 0 Å². The molecule has 22 heavy (non-hydrogen) atoms. The summed E-state index contributed by atoms with van der Waals surface area (Å²) in [6, 6.07) is 0. The monoisotopic (exact) mass is 310 g/mol. The average molecular weight is 310 g/mol. The van der Waals surface area contributed by atoms with Crippen LogP contribution in [0.2, 0.25) is 0 Å². The normalized spacial score (nSPS) is 39.5. The SMILES string of the molecule is COC(=O)OC12CC3CC(C1)CC(C(=O)OC(C)(C)C)(C3)C2. The van der Waals surface area contributed by atoms with Gasteiger partial charge in [-0.15, -0.1) is 0 Å². The number of hydrogen-bond donors (Lipinski definition) is 0. The van der Waals surface area contributed by atoms with E-state index in [1.807, 2.05) is 20.8 Å². The maximum Gasteiger partial charge on any atom is 0.508 e. The van der Waals surface area contributed by atoms with Crippen LogP contribution in [0.15, 0.2) is 0 Å². The van der Waals surface area contributed by atoms with E-state index in [1.54, 1.807) is 0 Å². The minimum Gasteiger partial charge on any atom is -0.460 e. The molecule has 2 unspecified atom stereocenters. The Hall–Kier alpha value is -1.26. The van der Waals surface area contributed by atoms with E-state index in [0.29, 0.717) is 18.3 Å². The van der Waals surface area contributed by atoms with Gasteiger partial charge in [0, 0.05) is 6.42 Å². The zero-order valence-electron chi connectivity index (χ0n) is 13.9. The Balaban J connectivity index is 1.84. The molecule has 5 nitrogen and oxygen atoms in total. The number of rotatable bonds is 2. The van der Waals surface area contributed by atoms with Crippen LogP contribution < -0.4 is 0 Å². The molecule has 0 heterocycles. The third-order valence-electron chi connectivity index (χ3n) is 5.31. The van der Waals surface area contributed by atoms with Gasteiger partial charge in [0.25, 0.3) is 0 Å². The van der Waals surface area contributed by atoms with Crippen molar-refractivity contribution >= 4 is 12.1 Å². The molecule has 4 bridgehead atoms. The Labute approximate surface area is 131 Å². The van der Waals surface area contributed by atoms with Crippen LogP contribution in [0.3, 0.4) is 0 Å². The van der Waals surface area contributed by atoms with Crippen molar-refractivity contribution in [1.29, 1.82) is 0 Å². The molecule has 0 saturated heterocycles. The molecule has 2 atom stereocenters. The summed E-state index contributed by atoms with van der Waals surface area (Å²) < 4.78 is 16.0. The Morgan fingerprint density at radius 3 is 2.14 bits per heavy atom. The van der Waals surface area contributed by atoms with Crippen LogP contribution in [0.1, 0.15) is 59.3 Å². The molecule has 4 aliphatic carbocycles. The van der Waals surface area contributed by atoms with Gasteiger partial charge in [-0.05, 0) is 64.7 Å². The van der Waals surface area contributed by atoms with Gasteiger partial charge in [0.05, 0.1) is 12.5 Å². The van der Waals surface area contributed by atoms with E-state index in [0.717, 1.165) is 32.1 Å². The van der Waals surface area contributed by atoms with E-state index in [2.05, 4.69) is 4.74 Å². The fourth-order valence-electron chi connectivity index (χ4n) is 5.14. The van der Waals surface area contributed by atoms with Crippen molar-refractivity contribution in [3.8, 4) is 0 Å². The van der Waals surface area contributed by atoms with Crippen LogP contribution >= 0.6 is 0 Å². The lowest BCUT2D eigenvalue weighted by Crippen LogP contribution is -2.60. The smallest absolute Gasteiger partial charge is 0.460 e. The molecular weight excluding hydrogens is 284 g/mol. The van der Waals surface area contributed by atoms with Gasteiger partial charge in [-0.25, -0.2) is 4.79 Å². The van der Waals surface area contributed by atoms with E-state index < -0.39 is 22.8 Å². The molecule has 4 fully saturated rings. The molecular formula is C17H26O5. The van der Waals surface area contributed by atoms with E-state index >= 15 is 0 Å². The standard InChI is InChI=1S/C17H26O5/c1-15(2,3)21-13(18)16-6-11-5-12(7-16)9-17(8-11,10-16)22-14(19)20-4/h11-12H,5-10H2,1-4H3. The quantitative estimate of drug-likeness (QED) is 0.731. The van der Waals surface area contributed by atoms with Crippen molar-refractivity contribution in [2.45, 2.75) is 70.5 Å². The number of hydrogen-bond acceptors (Lipinski definition) is 5. The zero-order chi connectivity index (χ0) is 16.2. The number of esters is 1. The molecule has 0 aromatic heterocycles. The van der Waals surface area contributed by atoms with Gasteiger partial charge >= 0.3 is 12.1 Å². The first-order chi connectivity index (χ1) is 10.2. The fourth-order valence-corrected chi connectivity index (χ4v) is 5.14. The maximum atomic E-state index is 12.8. The molecule has 0 aromatic carbocycles. The summed E-state index contributed by atoms with van der Waals surface area (Å²) in [5.41, 5.74) is -1.50. The Morgan fingerprint density at radius 1 is 1.05 bits per heavy atom. The van der Waals surface area contributed by atoms with Gasteiger partial charge in [0.15, 0.2) is 0 Å². The summed E-state index contributed by atoms with van der Waals surface area (Å²) in [5, 5.41) is 0. The Bertz CT molecular complexity index is 476. The lowest BCUT2D eigenvalue weighted by molar-refractivity contribution is -0.207. The first-order valence-corrected chi connectivity index (χ1v) is 8.16. The molecule has 0 radical (unpaired) electrons. The minimum absolute atomic E-state index is 0.119. The van der Waals surface area contributed by atoms with Gasteiger partial charge in [-0.3, -0.25) is 4.79 Å². The second-order valence-electron chi connectivity index (χ2n) is 8.48. The summed E-state index contributed by atoms with van der Waals surface area (Å²) >= 11 is 0. The highest BCUT2D eigenvalue weighted by atomic mass is 16.7. The maximum absolute atomic E-state index is 12.8. The molecule has 0 amide bonds. The topological polar surface area (TPSA) is 61.8 Å². The molecule has 0 N–H and O–H groups in total. The molecule has 4 rings (SSSR count). The summed E-state index contributed by atoms with van der Waals surface area (Å²) in [7, 11) is 1.33. The van der Waals surface area contributed by atoms with E-state index in [-0.39, 0.29) is 5.97 Å². The van der Waals surface area contributed by atoms with Gasteiger partial charge < -0.3 is 14.2 Å². The van der Waals surface area contributed by atoms with Gasteiger partial charge in [-0.2, -0.15) is 0 Å². The highest BCUT2D eigenvalue weighted by molar-refractivity contribution is 5.78. The highest BCUT2D eigenvalue weighted by Crippen LogP contribution is 2.63. The van der Waals surface area contributed by atoms with Crippen LogP contribution in [0.5, 0.6) is 0 Å². The van der Waals surface area contributed by atoms with Gasteiger partial charge in [-0.1, -0.05) is 0 Å². The Kier molecular flexibility index (Phi) is 3.46. The van der Waals surface area contributed by atoms with E-state index in [9.17, 15) is 9.59 Å². The second kappa shape index (κ2) is 4.87. The number of carbonyl (C=O) groups excluding carboxylic acids is 2.